The number of aromatic nitrogens is 3. The van der Waals surface area contributed by atoms with Gasteiger partial charge < -0.3 is 4.74 Å². The Morgan fingerprint density at radius 3 is 2.96 bits per heavy atom. The number of aryl methyl sites for hydroxylation is 3. The van der Waals surface area contributed by atoms with Crippen LogP contribution in [0.3, 0.4) is 0 Å². The first-order valence-electron chi connectivity index (χ1n) is 8.45. The standard InChI is InChI=1S/C19H19N3O2S/c1-3-24-19(23)18-21-16-6-4-5-12-7-8-13(9-15(12)17(16)25-18)14-10-20-22(2)11-14/h7-11H,3-6H2,1-2H3. The van der Waals surface area contributed by atoms with Gasteiger partial charge in [-0.2, -0.15) is 5.10 Å². The second kappa shape index (κ2) is 6.44. The third kappa shape index (κ3) is 2.98. The molecule has 0 aliphatic heterocycles. The molecule has 1 aromatic carbocycles. The summed E-state index contributed by atoms with van der Waals surface area (Å²) in [6.45, 7) is 2.18. The third-order valence-corrected chi connectivity index (χ3v) is 5.51. The lowest BCUT2D eigenvalue weighted by Crippen LogP contribution is -2.04. The molecule has 1 aliphatic carbocycles. The Hall–Kier alpha value is -2.47. The van der Waals surface area contributed by atoms with Crippen LogP contribution in [0.2, 0.25) is 0 Å². The number of benzene rings is 1. The van der Waals surface area contributed by atoms with Crippen LogP contribution in [0.15, 0.2) is 30.6 Å². The topological polar surface area (TPSA) is 57.0 Å². The van der Waals surface area contributed by atoms with Crippen molar-refractivity contribution in [3.63, 3.8) is 0 Å². The van der Waals surface area contributed by atoms with Gasteiger partial charge in [0.05, 0.1) is 23.4 Å². The highest BCUT2D eigenvalue weighted by atomic mass is 32.1. The highest BCUT2D eigenvalue weighted by Crippen LogP contribution is 2.39. The second-order valence-electron chi connectivity index (χ2n) is 6.14. The number of ether oxygens (including phenoxy) is 1. The van der Waals surface area contributed by atoms with E-state index in [1.165, 1.54) is 22.5 Å². The molecule has 0 bridgehead atoms. The number of hydrogen-bond donors (Lipinski definition) is 0. The predicted molar refractivity (Wildman–Crippen MR) is 97.7 cm³/mol. The Morgan fingerprint density at radius 2 is 2.20 bits per heavy atom. The number of carbonyl (C=O) groups excluding carboxylic acids is 1. The summed E-state index contributed by atoms with van der Waals surface area (Å²) in [6, 6.07) is 6.54. The van der Waals surface area contributed by atoms with Crippen LogP contribution in [-0.2, 0) is 24.6 Å². The maximum Gasteiger partial charge on any atom is 0.367 e. The van der Waals surface area contributed by atoms with Crippen molar-refractivity contribution in [3.05, 3.63) is 46.9 Å². The van der Waals surface area contributed by atoms with Gasteiger partial charge in [-0.05, 0) is 48.9 Å². The first-order valence-corrected chi connectivity index (χ1v) is 9.26. The normalized spacial score (nSPS) is 13.0. The summed E-state index contributed by atoms with van der Waals surface area (Å²) >= 11 is 1.44. The summed E-state index contributed by atoms with van der Waals surface area (Å²) in [6.07, 6.45) is 6.84. The van der Waals surface area contributed by atoms with E-state index in [-0.39, 0.29) is 5.97 Å². The Balaban J connectivity index is 1.81. The fourth-order valence-electron chi connectivity index (χ4n) is 3.21. The minimum atomic E-state index is -0.328. The summed E-state index contributed by atoms with van der Waals surface area (Å²) in [7, 11) is 1.92. The van der Waals surface area contributed by atoms with Crippen LogP contribution in [0.5, 0.6) is 0 Å². The van der Waals surface area contributed by atoms with E-state index in [1.807, 2.05) is 26.4 Å². The molecule has 0 N–H and O–H groups in total. The van der Waals surface area contributed by atoms with Gasteiger partial charge in [-0.1, -0.05) is 12.1 Å². The van der Waals surface area contributed by atoms with Crippen LogP contribution in [0.25, 0.3) is 21.6 Å². The number of fused-ring (bicyclic) bond motifs is 3. The lowest BCUT2D eigenvalue weighted by atomic mass is 9.99. The van der Waals surface area contributed by atoms with E-state index in [2.05, 4.69) is 28.3 Å². The van der Waals surface area contributed by atoms with E-state index in [0.717, 1.165) is 41.0 Å². The average Bonchev–Trinajstić information content (AvgIpc) is 3.18. The van der Waals surface area contributed by atoms with Gasteiger partial charge in [-0.25, -0.2) is 9.78 Å². The maximum atomic E-state index is 12.1. The summed E-state index contributed by atoms with van der Waals surface area (Å²) in [5.41, 5.74) is 5.72. The van der Waals surface area contributed by atoms with Crippen molar-refractivity contribution in [2.75, 3.05) is 6.61 Å². The zero-order chi connectivity index (χ0) is 17.4. The molecule has 4 rings (SSSR count). The fourth-order valence-corrected chi connectivity index (χ4v) is 4.27. The van der Waals surface area contributed by atoms with Crippen LogP contribution in [-0.4, -0.2) is 27.3 Å². The number of rotatable bonds is 3. The molecule has 6 heteroatoms. The van der Waals surface area contributed by atoms with E-state index in [1.54, 1.807) is 4.68 Å². The Bertz CT molecular complexity index is 942. The molecular formula is C19H19N3O2S. The quantitative estimate of drug-likeness (QED) is 0.671. The first-order chi connectivity index (χ1) is 12.2. The highest BCUT2D eigenvalue weighted by Gasteiger charge is 2.23. The van der Waals surface area contributed by atoms with Crippen LogP contribution in [0.4, 0.5) is 0 Å². The van der Waals surface area contributed by atoms with Crippen molar-refractivity contribution in [1.82, 2.24) is 14.8 Å². The number of esters is 1. The molecule has 0 unspecified atom stereocenters. The van der Waals surface area contributed by atoms with E-state index in [0.29, 0.717) is 11.6 Å². The summed E-state index contributed by atoms with van der Waals surface area (Å²) in [4.78, 5) is 17.7. The number of carbonyl (C=O) groups is 1. The van der Waals surface area contributed by atoms with E-state index >= 15 is 0 Å². The molecule has 3 aromatic rings. The molecule has 2 heterocycles. The first kappa shape index (κ1) is 16.0. The largest absolute Gasteiger partial charge is 0.461 e. The SMILES string of the molecule is CCOC(=O)c1nc2c(s1)-c1cc(-c3cnn(C)c3)ccc1CCC2. The van der Waals surface area contributed by atoms with Crippen molar-refractivity contribution in [2.45, 2.75) is 26.2 Å². The molecule has 0 atom stereocenters. The van der Waals surface area contributed by atoms with Crippen LogP contribution in [0, 0.1) is 0 Å². The third-order valence-electron chi connectivity index (χ3n) is 4.40. The zero-order valence-electron chi connectivity index (χ0n) is 14.3. The lowest BCUT2D eigenvalue weighted by Gasteiger charge is -2.08. The Morgan fingerprint density at radius 1 is 1.32 bits per heavy atom. The van der Waals surface area contributed by atoms with Gasteiger partial charge in [0.15, 0.2) is 0 Å². The molecule has 0 radical (unpaired) electrons. The minimum Gasteiger partial charge on any atom is -0.461 e. The van der Waals surface area contributed by atoms with E-state index in [4.69, 9.17) is 4.74 Å². The summed E-state index contributed by atoms with van der Waals surface area (Å²) < 4.78 is 6.92. The van der Waals surface area contributed by atoms with Crippen molar-refractivity contribution in [1.29, 1.82) is 0 Å². The van der Waals surface area contributed by atoms with Gasteiger partial charge in [-0.3, -0.25) is 4.68 Å². The van der Waals surface area contributed by atoms with Crippen molar-refractivity contribution in [2.24, 2.45) is 7.05 Å². The molecule has 128 valence electrons. The summed E-state index contributed by atoms with van der Waals surface area (Å²) in [5.74, 6) is -0.328. The molecule has 1 aliphatic rings. The van der Waals surface area contributed by atoms with E-state index in [9.17, 15) is 4.79 Å². The van der Waals surface area contributed by atoms with Gasteiger partial charge in [0, 0.05) is 18.8 Å². The lowest BCUT2D eigenvalue weighted by molar-refractivity contribution is 0.0525. The van der Waals surface area contributed by atoms with Gasteiger partial charge >= 0.3 is 5.97 Å². The van der Waals surface area contributed by atoms with Gasteiger partial charge in [0.2, 0.25) is 5.01 Å². The number of thiazole rings is 1. The molecule has 0 fully saturated rings. The van der Waals surface area contributed by atoms with Gasteiger partial charge in [-0.15, -0.1) is 11.3 Å². The van der Waals surface area contributed by atoms with Crippen molar-refractivity contribution < 1.29 is 9.53 Å². The average molecular weight is 353 g/mol. The van der Waals surface area contributed by atoms with Crippen LogP contribution >= 0.6 is 11.3 Å². The van der Waals surface area contributed by atoms with Gasteiger partial charge in [0.25, 0.3) is 0 Å². The van der Waals surface area contributed by atoms with Crippen molar-refractivity contribution in [3.8, 4) is 21.6 Å². The molecule has 5 nitrogen and oxygen atoms in total. The zero-order valence-corrected chi connectivity index (χ0v) is 15.1. The van der Waals surface area contributed by atoms with Crippen molar-refractivity contribution >= 4 is 17.3 Å². The fraction of sp³-hybridized carbons (Fsp3) is 0.316. The molecule has 0 saturated carbocycles. The van der Waals surface area contributed by atoms with Crippen LogP contribution < -0.4 is 0 Å². The Kier molecular flexibility index (Phi) is 4.13. The predicted octanol–water partition coefficient (Wildman–Crippen LogP) is 3.88. The molecule has 0 amide bonds. The smallest absolute Gasteiger partial charge is 0.367 e. The van der Waals surface area contributed by atoms with Crippen LogP contribution in [0.1, 0.15) is 34.4 Å². The summed E-state index contributed by atoms with van der Waals surface area (Å²) in [5, 5.41) is 4.71. The molecule has 2 aromatic heterocycles. The minimum absolute atomic E-state index is 0.328. The monoisotopic (exact) mass is 353 g/mol. The highest BCUT2D eigenvalue weighted by molar-refractivity contribution is 7.17. The molecule has 0 saturated heterocycles. The molecular weight excluding hydrogens is 334 g/mol. The second-order valence-corrected chi connectivity index (χ2v) is 7.14. The maximum absolute atomic E-state index is 12.1. The number of hydrogen-bond acceptors (Lipinski definition) is 5. The Labute approximate surface area is 150 Å². The molecule has 0 spiro atoms. The van der Waals surface area contributed by atoms with Gasteiger partial charge in [0.1, 0.15) is 0 Å². The van der Waals surface area contributed by atoms with E-state index < -0.39 is 0 Å². The molecule has 25 heavy (non-hydrogen) atoms. The number of nitrogens with zero attached hydrogens (tertiary/aromatic N) is 3.